The lowest BCUT2D eigenvalue weighted by Crippen LogP contribution is -1.99. The highest BCUT2D eigenvalue weighted by Crippen LogP contribution is 2.25. The number of fused-ring (bicyclic) bond motifs is 1. The molecule has 17 heavy (non-hydrogen) atoms. The molecule has 1 aromatic heterocycles. The summed E-state index contributed by atoms with van der Waals surface area (Å²) in [4.78, 5) is 15.2. The quantitative estimate of drug-likeness (QED) is 0.905. The van der Waals surface area contributed by atoms with E-state index in [1.54, 1.807) is 11.3 Å². The van der Waals surface area contributed by atoms with Gasteiger partial charge in [0.1, 0.15) is 0 Å². The van der Waals surface area contributed by atoms with Crippen LogP contribution >= 0.6 is 11.3 Å². The van der Waals surface area contributed by atoms with Crippen LogP contribution in [0.25, 0.3) is 10.2 Å². The fraction of sp³-hybridized carbons (Fsp3) is 0.385. The molecular weight excluding hydrogens is 234 g/mol. The fourth-order valence-electron chi connectivity index (χ4n) is 1.74. The molecule has 0 bridgehead atoms. The molecule has 0 aliphatic heterocycles. The molecule has 0 aliphatic carbocycles. The molecule has 0 saturated heterocycles. The van der Waals surface area contributed by atoms with Gasteiger partial charge in [0.2, 0.25) is 0 Å². The Bertz CT molecular complexity index is 545. The fourth-order valence-corrected chi connectivity index (χ4v) is 2.90. The Kier molecular flexibility index (Phi) is 3.43. The van der Waals surface area contributed by atoms with Crippen molar-refractivity contribution >= 4 is 27.5 Å². The number of hydrogen-bond donors (Lipinski definition) is 1. The largest absolute Gasteiger partial charge is 0.481 e. The van der Waals surface area contributed by atoms with Crippen LogP contribution in [0.2, 0.25) is 0 Å². The summed E-state index contributed by atoms with van der Waals surface area (Å²) in [5.74, 6) is -0.212. The molecule has 2 rings (SSSR count). The Balaban J connectivity index is 2.30. The second kappa shape index (κ2) is 4.84. The van der Waals surface area contributed by atoms with Crippen LogP contribution in [0.3, 0.4) is 0 Å². The minimum atomic E-state index is -0.804. The Morgan fingerprint density at radius 2 is 2.24 bits per heavy atom. The van der Waals surface area contributed by atoms with Gasteiger partial charge in [0.05, 0.1) is 21.6 Å². The third-order valence-electron chi connectivity index (χ3n) is 2.43. The highest BCUT2D eigenvalue weighted by molar-refractivity contribution is 7.18. The molecule has 4 heteroatoms. The van der Waals surface area contributed by atoms with Crippen molar-refractivity contribution in [1.29, 1.82) is 0 Å². The van der Waals surface area contributed by atoms with E-state index in [2.05, 4.69) is 18.8 Å². The van der Waals surface area contributed by atoms with E-state index in [1.165, 1.54) is 0 Å². The summed E-state index contributed by atoms with van der Waals surface area (Å²) < 4.78 is 1.13. The van der Waals surface area contributed by atoms with E-state index in [4.69, 9.17) is 5.11 Å². The Hall–Kier alpha value is -1.42. The van der Waals surface area contributed by atoms with E-state index < -0.39 is 5.97 Å². The van der Waals surface area contributed by atoms with Crippen LogP contribution in [0, 0.1) is 5.92 Å². The predicted octanol–water partition coefficient (Wildman–Crippen LogP) is 3.12. The smallest absolute Gasteiger partial charge is 0.307 e. The van der Waals surface area contributed by atoms with E-state index in [0.29, 0.717) is 5.92 Å². The van der Waals surface area contributed by atoms with Gasteiger partial charge in [-0.2, -0.15) is 0 Å². The maximum atomic E-state index is 10.6. The summed E-state index contributed by atoms with van der Waals surface area (Å²) in [6.45, 7) is 4.34. The summed E-state index contributed by atoms with van der Waals surface area (Å²) in [5.41, 5.74) is 1.73. The molecule has 0 aliphatic rings. The summed E-state index contributed by atoms with van der Waals surface area (Å²) >= 11 is 1.69. The van der Waals surface area contributed by atoms with Crippen LogP contribution in [0.15, 0.2) is 18.2 Å². The van der Waals surface area contributed by atoms with Crippen molar-refractivity contribution in [2.45, 2.75) is 26.7 Å². The number of hydrogen-bond acceptors (Lipinski definition) is 3. The van der Waals surface area contributed by atoms with Gasteiger partial charge in [0.25, 0.3) is 0 Å². The van der Waals surface area contributed by atoms with Gasteiger partial charge < -0.3 is 5.11 Å². The molecule has 0 spiro atoms. The lowest BCUT2D eigenvalue weighted by atomic mass is 10.1. The van der Waals surface area contributed by atoms with Crippen molar-refractivity contribution in [2.24, 2.45) is 5.92 Å². The molecule has 0 amide bonds. The zero-order chi connectivity index (χ0) is 12.4. The number of carbonyl (C=O) groups is 1. The first-order chi connectivity index (χ1) is 8.04. The first kappa shape index (κ1) is 12.0. The number of carboxylic acid groups (broad SMARTS) is 1. The average molecular weight is 249 g/mol. The lowest BCUT2D eigenvalue weighted by molar-refractivity contribution is -0.136. The molecule has 1 heterocycles. The summed E-state index contributed by atoms with van der Waals surface area (Å²) in [5, 5.41) is 9.87. The van der Waals surface area contributed by atoms with Crippen molar-refractivity contribution in [1.82, 2.24) is 4.98 Å². The Morgan fingerprint density at radius 3 is 2.88 bits per heavy atom. The van der Waals surface area contributed by atoms with E-state index in [-0.39, 0.29) is 6.42 Å². The van der Waals surface area contributed by atoms with Gasteiger partial charge in [-0.1, -0.05) is 19.9 Å². The molecule has 3 nitrogen and oxygen atoms in total. The van der Waals surface area contributed by atoms with E-state index >= 15 is 0 Å². The Morgan fingerprint density at radius 1 is 1.47 bits per heavy atom. The van der Waals surface area contributed by atoms with Gasteiger partial charge in [-0.05, 0) is 23.6 Å². The third kappa shape index (κ3) is 3.03. The van der Waals surface area contributed by atoms with Crippen molar-refractivity contribution in [3.63, 3.8) is 0 Å². The van der Waals surface area contributed by atoms with Gasteiger partial charge >= 0.3 is 5.97 Å². The lowest BCUT2D eigenvalue weighted by Gasteiger charge is -1.97. The molecule has 1 N–H and O–H groups in total. The van der Waals surface area contributed by atoms with Crippen molar-refractivity contribution < 1.29 is 9.90 Å². The normalized spacial score (nSPS) is 11.2. The molecule has 2 aromatic rings. The maximum Gasteiger partial charge on any atom is 0.307 e. The highest BCUT2D eigenvalue weighted by Gasteiger charge is 2.07. The number of aliphatic carboxylic acids is 1. The van der Waals surface area contributed by atoms with Gasteiger partial charge in [-0.25, -0.2) is 4.98 Å². The molecule has 0 unspecified atom stereocenters. The molecular formula is C13H15NO2S. The van der Waals surface area contributed by atoms with Crippen molar-refractivity contribution in [3.05, 3.63) is 28.8 Å². The average Bonchev–Trinajstić information content (AvgIpc) is 2.56. The van der Waals surface area contributed by atoms with E-state index in [0.717, 1.165) is 27.2 Å². The van der Waals surface area contributed by atoms with Crippen molar-refractivity contribution in [3.8, 4) is 0 Å². The molecule has 0 saturated carbocycles. The number of aromatic nitrogens is 1. The van der Waals surface area contributed by atoms with Crippen LogP contribution in [0.4, 0.5) is 0 Å². The van der Waals surface area contributed by atoms with Gasteiger partial charge in [-0.3, -0.25) is 4.79 Å². The first-order valence-electron chi connectivity index (χ1n) is 5.64. The molecule has 0 radical (unpaired) electrons. The number of carboxylic acids is 1. The summed E-state index contributed by atoms with van der Waals surface area (Å²) in [6, 6.07) is 5.71. The van der Waals surface area contributed by atoms with E-state index in [1.807, 2.05) is 18.2 Å². The molecule has 1 aromatic carbocycles. The second-order valence-corrected chi connectivity index (χ2v) is 5.69. The van der Waals surface area contributed by atoms with E-state index in [9.17, 15) is 4.79 Å². The molecule has 90 valence electrons. The minimum absolute atomic E-state index is 0.0625. The minimum Gasteiger partial charge on any atom is -0.481 e. The number of nitrogens with zero attached hydrogens (tertiary/aromatic N) is 1. The summed E-state index contributed by atoms with van der Waals surface area (Å²) in [7, 11) is 0. The number of benzene rings is 1. The molecule has 0 atom stereocenters. The predicted molar refractivity (Wildman–Crippen MR) is 69.5 cm³/mol. The van der Waals surface area contributed by atoms with Gasteiger partial charge in [0.15, 0.2) is 0 Å². The van der Waals surface area contributed by atoms with Crippen LogP contribution in [0.5, 0.6) is 0 Å². The highest BCUT2D eigenvalue weighted by atomic mass is 32.1. The SMILES string of the molecule is CC(C)Cc1nc2cc(CC(=O)O)ccc2s1. The first-order valence-corrected chi connectivity index (χ1v) is 6.46. The summed E-state index contributed by atoms with van der Waals surface area (Å²) in [6.07, 6.45) is 1.04. The van der Waals surface area contributed by atoms with Gasteiger partial charge in [0, 0.05) is 6.42 Å². The zero-order valence-electron chi connectivity index (χ0n) is 9.93. The van der Waals surface area contributed by atoms with Crippen LogP contribution < -0.4 is 0 Å². The zero-order valence-corrected chi connectivity index (χ0v) is 10.8. The topological polar surface area (TPSA) is 50.2 Å². The Labute approximate surface area is 104 Å². The van der Waals surface area contributed by atoms with Crippen LogP contribution in [-0.2, 0) is 17.6 Å². The van der Waals surface area contributed by atoms with Crippen LogP contribution in [-0.4, -0.2) is 16.1 Å². The number of rotatable bonds is 4. The third-order valence-corrected chi connectivity index (χ3v) is 3.49. The van der Waals surface area contributed by atoms with Crippen molar-refractivity contribution in [2.75, 3.05) is 0 Å². The standard InChI is InChI=1S/C13H15NO2S/c1-8(2)5-12-14-10-6-9(7-13(15)16)3-4-11(10)17-12/h3-4,6,8H,5,7H2,1-2H3,(H,15,16). The molecule has 0 fully saturated rings. The monoisotopic (exact) mass is 249 g/mol. The maximum absolute atomic E-state index is 10.6. The van der Waals surface area contributed by atoms with Crippen LogP contribution in [0.1, 0.15) is 24.4 Å². The number of thiazole rings is 1. The second-order valence-electron chi connectivity index (χ2n) is 4.58. The van der Waals surface area contributed by atoms with Gasteiger partial charge in [-0.15, -0.1) is 11.3 Å².